The van der Waals surface area contributed by atoms with Gasteiger partial charge in [-0.25, -0.2) is 0 Å². The fraction of sp³-hybridized carbons (Fsp3) is 1.00. The minimum absolute atomic E-state index is 0.238. The highest BCUT2D eigenvalue weighted by molar-refractivity contribution is 7.53. The molecule has 3 saturated heterocycles. The van der Waals surface area contributed by atoms with Gasteiger partial charge in [0.15, 0.2) is 12.1 Å². The van der Waals surface area contributed by atoms with Crippen molar-refractivity contribution >= 4 is 7.60 Å². The number of rotatable bonds is 0. The molecule has 3 heterocycles. The molecule has 0 aromatic rings. The second kappa shape index (κ2) is 4.26. The molecule has 0 aromatic carbocycles. The normalized spacial score (nSPS) is 52.1. The molecule has 0 radical (unpaired) electrons. The summed E-state index contributed by atoms with van der Waals surface area (Å²) in [7, 11) is -2.97. The predicted molar refractivity (Wildman–Crippen MR) is 64.8 cm³/mol. The maximum absolute atomic E-state index is 11.9. The van der Waals surface area contributed by atoms with Crippen LogP contribution < -0.4 is 0 Å². The fourth-order valence-electron chi connectivity index (χ4n) is 3.45. The van der Waals surface area contributed by atoms with Gasteiger partial charge >= 0.3 is 7.60 Å². The summed E-state index contributed by atoms with van der Waals surface area (Å²) in [5.74, 6) is -0.502. The Kier molecular flexibility index (Phi) is 2.86. The molecule has 0 bridgehead atoms. The Morgan fingerprint density at radius 3 is 2.68 bits per heavy atom. The molecule has 6 nitrogen and oxygen atoms in total. The summed E-state index contributed by atoms with van der Waals surface area (Å²) in [5.41, 5.74) is 0. The third-order valence-electron chi connectivity index (χ3n) is 4.35. The number of hydrogen-bond donors (Lipinski definition) is 0. The quantitative estimate of drug-likeness (QED) is 0.636. The second-order valence-electron chi connectivity index (χ2n) is 5.85. The SMILES string of the molecule is C[P@@]1(=O)OC[C@H]2O[C@@H]3OC4(CCCCC4)O[C@@H]3[C@H]2O1. The highest BCUT2D eigenvalue weighted by atomic mass is 31.2. The minimum Gasteiger partial charge on any atom is -0.341 e. The number of hydrogen-bond acceptors (Lipinski definition) is 6. The maximum Gasteiger partial charge on any atom is 0.328 e. The van der Waals surface area contributed by atoms with Crippen LogP contribution in [0.15, 0.2) is 0 Å². The van der Waals surface area contributed by atoms with E-state index in [9.17, 15) is 4.57 Å². The van der Waals surface area contributed by atoms with Gasteiger partial charge < -0.3 is 18.7 Å². The molecule has 5 atom stereocenters. The Balaban J connectivity index is 1.53. The largest absolute Gasteiger partial charge is 0.341 e. The van der Waals surface area contributed by atoms with E-state index in [0.29, 0.717) is 0 Å². The van der Waals surface area contributed by atoms with E-state index < -0.39 is 19.7 Å². The smallest absolute Gasteiger partial charge is 0.328 e. The molecule has 3 aliphatic heterocycles. The molecule has 4 rings (SSSR count). The summed E-state index contributed by atoms with van der Waals surface area (Å²) in [5, 5.41) is 0. The molecule has 0 amide bonds. The molecular formula is C12H19O6P. The van der Waals surface area contributed by atoms with E-state index in [4.69, 9.17) is 23.3 Å². The van der Waals surface area contributed by atoms with Crippen molar-refractivity contribution < 1.29 is 27.8 Å². The monoisotopic (exact) mass is 290 g/mol. The predicted octanol–water partition coefficient (Wildman–Crippen LogP) is 2.03. The van der Waals surface area contributed by atoms with Gasteiger partial charge in [0.05, 0.1) is 6.61 Å². The van der Waals surface area contributed by atoms with Gasteiger partial charge in [-0.05, 0) is 12.8 Å². The zero-order chi connectivity index (χ0) is 13.1. The van der Waals surface area contributed by atoms with Gasteiger partial charge in [0.1, 0.15) is 18.3 Å². The molecule has 0 aromatic heterocycles. The standard InChI is InChI=1S/C12H19O6P/c1-19(13)14-7-8-9(18-19)10-11(15-8)17-12(16-10)5-3-2-4-6-12/h8-11H,2-7H2,1H3/t8-,9+,10-,11-,19-/m1/s1. The highest BCUT2D eigenvalue weighted by Gasteiger charge is 2.60. The van der Waals surface area contributed by atoms with Crippen molar-refractivity contribution in [3.63, 3.8) is 0 Å². The fourth-order valence-corrected chi connectivity index (χ4v) is 4.62. The van der Waals surface area contributed by atoms with E-state index in [1.54, 1.807) is 0 Å². The number of ether oxygens (including phenoxy) is 3. The maximum atomic E-state index is 11.9. The molecule has 108 valence electrons. The van der Waals surface area contributed by atoms with Crippen molar-refractivity contribution in [3.8, 4) is 0 Å². The first-order valence-corrected chi connectivity index (χ1v) is 8.98. The van der Waals surface area contributed by atoms with Crippen molar-refractivity contribution in [2.24, 2.45) is 0 Å². The van der Waals surface area contributed by atoms with Gasteiger partial charge in [0.25, 0.3) is 0 Å². The third kappa shape index (κ3) is 2.09. The molecule has 4 aliphatic rings. The van der Waals surface area contributed by atoms with Gasteiger partial charge in [-0.1, -0.05) is 6.42 Å². The van der Waals surface area contributed by atoms with Crippen LogP contribution in [0.25, 0.3) is 0 Å². The lowest BCUT2D eigenvalue weighted by atomic mass is 9.94. The molecule has 7 heteroatoms. The summed E-state index contributed by atoms with van der Waals surface area (Å²) in [4.78, 5) is 0. The lowest BCUT2D eigenvalue weighted by molar-refractivity contribution is -0.249. The van der Waals surface area contributed by atoms with Gasteiger partial charge in [0.2, 0.25) is 0 Å². The minimum atomic E-state index is -2.97. The summed E-state index contributed by atoms with van der Waals surface area (Å²) in [6.07, 6.45) is 4.00. The Labute approximate surface area is 112 Å². The summed E-state index contributed by atoms with van der Waals surface area (Å²) >= 11 is 0. The Bertz CT molecular complexity index is 420. The lowest BCUT2D eigenvalue weighted by Gasteiger charge is -2.36. The summed E-state index contributed by atoms with van der Waals surface area (Å²) in [6, 6.07) is 0. The van der Waals surface area contributed by atoms with Crippen LogP contribution >= 0.6 is 7.60 Å². The molecule has 19 heavy (non-hydrogen) atoms. The summed E-state index contributed by atoms with van der Waals surface area (Å²) in [6.45, 7) is 1.77. The van der Waals surface area contributed by atoms with Crippen molar-refractivity contribution in [3.05, 3.63) is 0 Å². The third-order valence-corrected chi connectivity index (χ3v) is 5.60. The van der Waals surface area contributed by atoms with Crippen LogP contribution in [0.5, 0.6) is 0 Å². The Hall–Kier alpha value is 0.0300. The molecule has 1 saturated carbocycles. The molecule has 1 aliphatic carbocycles. The van der Waals surface area contributed by atoms with Crippen LogP contribution in [0.3, 0.4) is 0 Å². The Morgan fingerprint density at radius 1 is 1.11 bits per heavy atom. The van der Waals surface area contributed by atoms with Crippen molar-refractivity contribution in [2.45, 2.75) is 62.5 Å². The van der Waals surface area contributed by atoms with Crippen LogP contribution in [-0.4, -0.2) is 43.7 Å². The zero-order valence-corrected chi connectivity index (χ0v) is 11.8. The average molecular weight is 290 g/mol. The molecule has 0 unspecified atom stereocenters. The molecule has 1 spiro atoms. The Morgan fingerprint density at radius 2 is 1.89 bits per heavy atom. The topological polar surface area (TPSA) is 63.2 Å². The van der Waals surface area contributed by atoms with E-state index in [0.717, 1.165) is 25.7 Å². The summed E-state index contributed by atoms with van der Waals surface area (Å²) < 4.78 is 40.6. The molecule has 4 fully saturated rings. The van der Waals surface area contributed by atoms with Crippen LogP contribution in [0.2, 0.25) is 0 Å². The van der Waals surface area contributed by atoms with Gasteiger partial charge in [0, 0.05) is 19.5 Å². The molecule has 0 N–H and O–H groups in total. The average Bonchev–Trinajstić information content (AvgIpc) is 2.84. The second-order valence-corrected chi connectivity index (χ2v) is 7.86. The van der Waals surface area contributed by atoms with Gasteiger partial charge in [-0.2, -0.15) is 0 Å². The first kappa shape index (κ1) is 12.7. The first-order chi connectivity index (χ1) is 9.07. The van der Waals surface area contributed by atoms with Gasteiger partial charge in [-0.15, -0.1) is 0 Å². The van der Waals surface area contributed by atoms with E-state index in [-0.39, 0.29) is 24.9 Å². The van der Waals surface area contributed by atoms with Crippen LogP contribution in [0, 0.1) is 0 Å². The van der Waals surface area contributed by atoms with E-state index >= 15 is 0 Å². The van der Waals surface area contributed by atoms with Crippen molar-refractivity contribution in [1.29, 1.82) is 0 Å². The van der Waals surface area contributed by atoms with E-state index in [1.165, 1.54) is 13.1 Å². The lowest BCUT2D eigenvalue weighted by Crippen LogP contribution is -2.42. The number of fused-ring (bicyclic) bond motifs is 3. The van der Waals surface area contributed by atoms with Crippen molar-refractivity contribution in [2.75, 3.05) is 13.3 Å². The van der Waals surface area contributed by atoms with Crippen LogP contribution in [0.1, 0.15) is 32.1 Å². The van der Waals surface area contributed by atoms with Crippen molar-refractivity contribution in [1.82, 2.24) is 0 Å². The van der Waals surface area contributed by atoms with E-state index in [1.807, 2.05) is 0 Å². The van der Waals surface area contributed by atoms with E-state index in [2.05, 4.69) is 0 Å². The molecular weight excluding hydrogens is 271 g/mol. The van der Waals surface area contributed by atoms with Crippen LogP contribution in [-0.2, 0) is 27.8 Å². The van der Waals surface area contributed by atoms with Gasteiger partial charge in [-0.3, -0.25) is 9.09 Å². The zero-order valence-electron chi connectivity index (χ0n) is 10.9. The highest BCUT2D eigenvalue weighted by Crippen LogP contribution is 2.55. The first-order valence-electron chi connectivity index (χ1n) is 6.99. The van der Waals surface area contributed by atoms with Crippen LogP contribution in [0.4, 0.5) is 0 Å².